The van der Waals surface area contributed by atoms with Crippen LogP contribution in [0.25, 0.3) is 16.7 Å². The number of nitrogens with zero attached hydrogens (tertiary/aromatic N) is 7. The minimum atomic E-state index is -1.26. The molecule has 1 N–H and O–H groups in total. The second-order valence-electron chi connectivity index (χ2n) is 8.54. The van der Waals surface area contributed by atoms with E-state index in [2.05, 4.69) is 25.4 Å². The van der Waals surface area contributed by atoms with E-state index in [0.29, 0.717) is 29.1 Å². The topological polar surface area (TPSA) is 95.6 Å². The lowest BCUT2D eigenvalue weighted by Gasteiger charge is -2.11. The molecule has 6 rings (SSSR count). The first kappa shape index (κ1) is 19.1. The summed E-state index contributed by atoms with van der Waals surface area (Å²) in [6.07, 6.45) is 2.56. The maximum atomic E-state index is 14.9. The zero-order valence-corrected chi connectivity index (χ0v) is 18.1. The molecular formula is C22H23FN8O. The average molecular weight is 434 g/mol. The number of rotatable bonds is 2. The van der Waals surface area contributed by atoms with Crippen LogP contribution < -0.4 is 10.1 Å². The highest BCUT2D eigenvalue weighted by Crippen LogP contribution is 2.48. The van der Waals surface area contributed by atoms with Gasteiger partial charge in [-0.05, 0) is 45.7 Å². The molecule has 32 heavy (non-hydrogen) atoms. The molecule has 0 saturated heterocycles. The van der Waals surface area contributed by atoms with Gasteiger partial charge in [-0.25, -0.2) is 18.7 Å². The van der Waals surface area contributed by atoms with Gasteiger partial charge in [-0.2, -0.15) is 10.1 Å². The number of fused-ring (bicyclic) bond motifs is 2. The molecule has 1 unspecified atom stereocenters. The van der Waals surface area contributed by atoms with Gasteiger partial charge in [0.15, 0.2) is 11.8 Å². The van der Waals surface area contributed by atoms with Crippen LogP contribution in [0.2, 0.25) is 0 Å². The quantitative estimate of drug-likeness (QED) is 0.514. The summed E-state index contributed by atoms with van der Waals surface area (Å²) in [5.41, 5.74) is 5.73. The number of nitrogens with one attached hydrogen (secondary N) is 1. The number of hydrogen-bond acceptors (Lipinski definition) is 7. The molecule has 1 aliphatic carbocycles. The summed E-state index contributed by atoms with van der Waals surface area (Å²) in [7, 11) is 0. The molecule has 5 heterocycles. The standard InChI is InChI=1S/C22H23FN8O/c1-11-4-7-17(13(3)25-11)31-19(14-5-6-14)18-21(29-31)32-10-15(23)9-30-20-16(12(2)28-30)8-24-22(26-18)27-20/h4,7-8,14-15H,5-6,9-10H2,1-3H3,(H,24,26,27). The summed E-state index contributed by atoms with van der Waals surface area (Å²) in [6, 6.07) is 3.97. The largest absolute Gasteiger partial charge is 0.472 e. The van der Waals surface area contributed by atoms with Gasteiger partial charge in [0, 0.05) is 17.8 Å². The third-order valence-corrected chi connectivity index (χ3v) is 5.96. The average Bonchev–Trinajstić information content (AvgIpc) is 3.47. The fraction of sp³-hybridized carbons (Fsp3) is 0.409. The number of alkyl halides is 1. The molecular weight excluding hydrogens is 411 g/mol. The van der Waals surface area contributed by atoms with Crippen LogP contribution in [0, 0.1) is 20.8 Å². The first-order valence-electron chi connectivity index (χ1n) is 10.8. The van der Waals surface area contributed by atoms with Crippen LogP contribution in [0.1, 0.15) is 41.5 Å². The van der Waals surface area contributed by atoms with Crippen LogP contribution >= 0.6 is 0 Å². The van der Waals surface area contributed by atoms with E-state index in [4.69, 9.17) is 9.84 Å². The number of aryl methyl sites for hydroxylation is 3. The zero-order chi connectivity index (χ0) is 22.0. The molecule has 9 nitrogen and oxygen atoms in total. The van der Waals surface area contributed by atoms with Crippen molar-refractivity contribution in [3.05, 3.63) is 41.1 Å². The zero-order valence-electron chi connectivity index (χ0n) is 18.1. The summed E-state index contributed by atoms with van der Waals surface area (Å²) in [5.74, 6) is 1.07. The number of pyridine rings is 1. The second kappa shape index (κ2) is 6.98. The highest BCUT2D eigenvalue weighted by Gasteiger charge is 2.35. The third-order valence-electron chi connectivity index (χ3n) is 5.96. The van der Waals surface area contributed by atoms with Crippen LogP contribution in [0.15, 0.2) is 18.3 Å². The first-order valence-corrected chi connectivity index (χ1v) is 10.8. The minimum absolute atomic E-state index is 0.0489. The smallest absolute Gasteiger partial charge is 0.257 e. The predicted octanol–water partition coefficient (Wildman–Crippen LogP) is 3.68. The molecule has 164 valence electrons. The van der Waals surface area contributed by atoms with Crippen molar-refractivity contribution in [2.24, 2.45) is 0 Å². The Labute approximate surface area is 183 Å². The van der Waals surface area contributed by atoms with Crippen LogP contribution in [-0.2, 0) is 6.54 Å². The van der Waals surface area contributed by atoms with Crippen molar-refractivity contribution in [2.45, 2.75) is 52.2 Å². The van der Waals surface area contributed by atoms with E-state index in [1.165, 1.54) is 0 Å². The van der Waals surface area contributed by atoms with Crippen LogP contribution in [-0.4, -0.2) is 47.3 Å². The Morgan fingerprint density at radius 3 is 2.72 bits per heavy atom. The second-order valence-corrected chi connectivity index (χ2v) is 8.54. The van der Waals surface area contributed by atoms with Crippen LogP contribution in [0.4, 0.5) is 16.0 Å². The lowest BCUT2D eigenvalue weighted by molar-refractivity contribution is 0.171. The number of anilines is 2. The fourth-order valence-electron chi connectivity index (χ4n) is 4.27. The van der Waals surface area contributed by atoms with Gasteiger partial charge in [-0.15, -0.1) is 5.10 Å². The van der Waals surface area contributed by atoms with E-state index in [-0.39, 0.29) is 13.2 Å². The Hall–Kier alpha value is -3.56. The van der Waals surface area contributed by atoms with E-state index in [1.807, 2.05) is 37.6 Å². The van der Waals surface area contributed by atoms with Gasteiger partial charge in [-0.1, -0.05) is 0 Å². The van der Waals surface area contributed by atoms with Gasteiger partial charge in [-0.3, -0.25) is 4.98 Å². The number of aromatic nitrogens is 7. The van der Waals surface area contributed by atoms with Gasteiger partial charge < -0.3 is 10.1 Å². The number of halogens is 1. The molecule has 2 bridgehead atoms. The van der Waals surface area contributed by atoms with Crippen molar-refractivity contribution < 1.29 is 9.13 Å². The molecule has 0 radical (unpaired) electrons. The van der Waals surface area contributed by atoms with Crippen molar-refractivity contribution in [1.29, 1.82) is 0 Å². The monoisotopic (exact) mass is 434 g/mol. The number of hydrogen-bond donors (Lipinski definition) is 1. The van der Waals surface area contributed by atoms with Crippen molar-refractivity contribution in [1.82, 2.24) is 34.5 Å². The van der Waals surface area contributed by atoms with Crippen molar-refractivity contribution in [3.63, 3.8) is 0 Å². The fourth-order valence-corrected chi connectivity index (χ4v) is 4.27. The van der Waals surface area contributed by atoms with Crippen molar-refractivity contribution >= 4 is 22.7 Å². The first-order chi connectivity index (χ1) is 15.5. The molecule has 4 aromatic heterocycles. The van der Waals surface area contributed by atoms with Crippen molar-refractivity contribution in [3.8, 4) is 11.6 Å². The molecule has 0 amide bonds. The molecule has 0 aromatic carbocycles. The Balaban J connectivity index is 1.54. The summed E-state index contributed by atoms with van der Waals surface area (Å²) in [6.45, 7) is 5.71. The maximum Gasteiger partial charge on any atom is 0.257 e. The van der Waals surface area contributed by atoms with E-state index in [9.17, 15) is 4.39 Å². The summed E-state index contributed by atoms with van der Waals surface area (Å²) in [4.78, 5) is 13.7. The lowest BCUT2D eigenvalue weighted by Crippen LogP contribution is -2.20. The maximum absolute atomic E-state index is 14.9. The Morgan fingerprint density at radius 2 is 1.94 bits per heavy atom. The number of ether oxygens (including phenoxy) is 1. The normalized spacial score (nSPS) is 18.2. The predicted molar refractivity (Wildman–Crippen MR) is 117 cm³/mol. The van der Waals surface area contributed by atoms with Gasteiger partial charge in [0.25, 0.3) is 5.88 Å². The van der Waals surface area contributed by atoms with E-state index < -0.39 is 6.17 Å². The molecule has 1 aliphatic heterocycles. The van der Waals surface area contributed by atoms with Crippen molar-refractivity contribution in [2.75, 3.05) is 11.9 Å². The summed E-state index contributed by atoms with van der Waals surface area (Å²) in [5, 5.41) is 13.3. The molecule has 1 saturated carbocycles. The molecule has 4 aromatic rings. The Morgan fingerprint density at radius 1 is 1.09 bits per heavy atom. The lowest BCUT2D eigenvalue weighted by atomic mass is 10.2. The molecule has 2 aliphatic rings. The van der Waals surface area contributed by atoms with E-state index in [0.717, 1.165) is 46.7 Å². The van der Waals surface area contributed by atoms with Crippen LogP contribution in [0.3, 0.4) is 0 Å². The Bertz CT molecular complexity index is 1360. The van der Waals surface area contributed by atoms with Gasteiger partial charge >= 0.3 is 0 Å². The summed E-state index contributed by atoms with van der Waals surface area (Å²) >= 11 is 0. The highest BCUT2D eigenvalue weighted by atomic mass is 19.1. The van der Waals surface area contributed by atoms with E-state index in [1.54, 1.807) is 10.9 Å². The van der Waals surface area contributed by atoms with Gasteiger partial charge in [0.05, 0.1) is 34.7 Å². The molecule has 1 fully saturated rings. The minimum Gasteiger partial charge on any atom is -0.472 e. The third kappa shape index (κ3) is 3.09. The Kier molecular flexibility index (Phi) is 4.17. The van der Waals surface area contributed by atoms with Gasteiger partial charge in [0.1, 0.15) is 12.3 Å². The SMILES string of the molecule is Cc1ccc(-n2nc3c(c2C2CC2)Nc2ncc4c(C)nn(c4n2)CC(F)CO3)c(C)n1. The molecule has 1 atom stereocenters. The van der Waals surface area contributed by atoms with E-state index >= 15 is 0 Å². The highest BCUT2D eigenvalue weighted by molar-refractivity contribution is 5.79. The van der Waals surface area contributed by atoms with Crippen LogP contribution in [0.5, 0.6) is 5.88 Å². The van der Waals surface area contributed by atoms with Gasteiger partial charge in [0.2, 0.25) is 5.95 Å². The molecule has 0 spiro atoms. The molecule has 10 heteroatoms. The summed E-state index contributed by atoms with van der Waals surface area (Å²) < 4.78 is 24.2.